The molecule has 6 nitrogen and oxygen atoms in total. The fourth-order valence-electron chi connectivity index (χ4n) is 3.85. The first-order valence-corrected chi connectivity index (χ1v) is 10.9. The number of nitrogens with zero attached hydrogens (tertiary/aromatic N) is 3. The minimum Gasteiger partial charge on any atom is -0.497 e. The van der Waals surface area contributed by atoms with E-state index < -0.39 is 0 Å². The van der Waals surface area contributed by atoms with E-state index in [1.807, 2.05) is 41.3 Å². The summed E-state index contributed by atoms with van der Waals surface area (Å²) in [5.74, 6) is 1.41. The fraction of sp³-hybridized carbons (Fsp3) is 0.348. The number of thioether (sulfide) groups is 1. The second-order valence-electron chi connectivity index (χ2n) is 7.29. The van der Waals surface area contributed by atoms with Crippen molar-refractivity contribution in [3.63, 3.8) is 0 Å². The highest BCUT2D eigenvalue weighted by Gasteiger charge is 2.38. The molecule has 0 bridgehead atoms. The molecule has 0 N–H and O–H groups in total. The van der Waals surface area contributed by atoms with Crippen molar-refractivity contribution in [2.45, 2.75) is 38.1 Å². The van der Waals surface area contributed by atoms with Gasteiger partial charge in [-0.2, -0.15) is 0 Å². The van der Waals surface area contributed by atoms with Crippen LogP contribution in [0.2, 0.25) is 0 Å². The molecule has 0 spiro atoms. The lowest BCUT2D eigenvalue weighted by Crippen LogP contribution is -2.40. The van der Waals surface area contributed by atoms with Gasteiger partial charge in [-0.25, -0.2) is 4.99 Å². The van der Waals surface area contributed by atoms with Crippen molar-refractivity contribution in [3.8, 4) is 11.5 Å². The number of methoxy groups -OCH3 is 2. The third kappa shape index (κ3) is 4.36. The highest BCUT2D eigenvalue weighted by molar-refractivity contribution is 8.18. The molecule has 1 saturated carbocycles. The van der Waals surface area contributed by atoms with Gasteiger partial charge < -0.3 is 9.47 Å². The molecule has 1 amide bonds. The van der Waals surface area contributed by atoms with Crippen LogP contribution in [-0.4, -0.2) is 41.2 Å². The van der Waals surface area contributed by atoms with Crippen LogP contribution in [0.5, 0.6) is 11.5 Å². The first-order chi connectivity index (χ1) is 14.7. The van der Waals surface area contributed by atoms with Gasteiger partial charge in [0, 0.05) is 17.8 Å². The number of ether oxygens (including phenoxy) is 2. The van der Waals surface area contributed by atoms with Crippen LogP contribution >= 0.6 is 11.8 Å². The lowest BCUT2D eigenvalue weighted by molar-refractivity contribution is -0.124. The van der Waals surface area contributed by atoms with Crippen LogP contribution in [0.25, 0.3) is 6.08 Å². The molecule has 1 aliphatic carbocycles. The third-order valence-electron chi connectivity index (χ3n) is 5.37. The van der Waals surface area contributed by atoms with Gasteiger partial charge in [-0.05, 0) is 61.0 Å². The molecule has 0 atom stereocenters. The largest absolute Gasteiger partial charge is 0.497 e. The third-order valence-corrected chi connectivity index (χ3v) is 6.35. The van der Waals surface area contributed by atoms with Gasteiger partial charge in [0.15, 0.2) is 5.17 Å². The zero-order chi connectivity index (χ0) is 20.9. The molecule has 1 aromatic carbocycles. The molecule has 0 radical (unpaired) electrons. The summed E-state index contributed by atoms with van der Waals surface area (Å²) in [4.78, 5) is 24.9. The number of pyridine rings is 1. The monoisotopic (exact) mass is 423 g/mol. The van der Waals surface area contributed by atoms with Crippen LogP contribution in [0.1, 0.15) is 37.7 Å². The minimum atomic E-state index is -0.000543. The average Bonchev–Trinajstić information content (AvgIpc) is 3.09. The van der Waals surface area contributed by atoms with Crippen LogP contribution in [0.4, 0.5) is 5.69 Å². The number of carbonyl (C=O) groups is 1. The Kier molecular flexibility index (Phi) is 6.38. The fourth-order valence-corrected chi connectivity index (χ4v) is 4.90. The molecule has 2 aromatic rings. The van der Waals surface area contributed by atoms with Gasteiger partial charge in [-0.15, -0.1) is 0 Å². The van der Waals surface area contributed by atoms with Crippen molar-refractivity contribution in [2.24, 2.45) is 4.99 Å². The van der Waals surface area contributed by atoms with Gasteiger partial charge in [-0.1, -0.05) is 19.3 Å². The summed E-state index contributed by atoms with van der Waals surface area (Å²) in [6.45, 7) is 0. The zero-order valence-corrected chi connectivity index (χ0v) is 18.0. The molecule has 30 heavy (non-hydrogen) atoms. The van der Waals surface area contributed by atoms with Gasteiger partial charge in [0.05, 0.1) is 31.0 Å². The van der Waals surface area contributed by atoms with Crippen LogP contribution < -0.4 is 9.47 Å². The van der Waals surface area contributed by atoms with Crippen molar-refractivity contribution >= 4 is 34.6 Å². The van der Waals surface area contributed by atoms with E-state index >= 15 is 0 Å². The van der Waals surface area contributed by atoms with E-state index in [0.29, 0.717) is 21.6 Å². The number of rotatable bonds is 5. The molecule has 2 aliphatic rings. The van der Waals surface area contributed by atoms with Gasteiger partial charge in [0.1, 0.15) is 11.5 Å². The van der Waals surface area contributed by atoms with Crippen molar-refractivity contribution in [3.05, 3.63) is 53.2 Å². The van der Waals surface area contributed by atoms with E-state index in [2.05, 4.69) is 4.98 Å². The molecular weight excluding hydrogens is 398 g/mol. The molecule has 156 valence electrons. The lowest BCUT2D eigenvalue weighted by atomic mass is 9.94. The quantitative estimate of drug-likeness (QED) is 0.631. The standard InChI is InChI=1S/C23H25N3O3S/c1-28-19-10-11-20(29-2)16(13-19)14-21-22(27)26(18-8-4-3-5-9-18)23(30-21)25-17-7-6-12-24-15-17/h6-7,10-15,18H,3-5,8-9H2,1-2H3/b21-14-,25-23?. The predicted octanol–water partition coefficient (Wildman–Crippen LogP) is 5.04. The number of hydrogen-bond donors (Lipinski definition) is 0. The molecular formula is C23H25N3O3S. The molecule has 2 fully saturated rings. The van der Waals surface area contributed by atoms with Crippen LogP contribution in [0, 0.1) is 0 Å². The van der Waals surface area contributed by atoms with Gasteiger partial charge >= 0.3 is 0 Å². The first-order valence-electron chi connectivity index (χ1n) is 10.1. The summed E-state index contributed by atoms with van der Waals surface area (Å²) in [6.07, 6.45) is 10.8. The Morgan fingerprint density at radius 1 is 1.17 bits per heavy atom. The summed E-state index contributed by atoms with van der Waals surface area (Å²) in [6, 6.07) is 9.50. The van der Waals surface area contributed by atoms with E-state index in [-0.39, 0.29) is 11.9 Å². The Hall–Kier alpha value is -2.80. The van der Waals surface area contributed by atoms with E-state index in [1.54, 1.807) is 26.6 Å². The zero-order valence-electron chi connectivity index (χ0n) is 17.2. The van der Waals surface area contributed by atoms with Gasteiger partial charge in [0.2, 0.25) is 0 Å². The summed E-state index contributed by atoms with van der Waals surface area (Å²) in [5, 5.41) is 0.716. The van der Waals surface area contributed by atoms with E-state index in [1.165, 1.54) is 18.2 Å². The van der Waals surface area contributed by atoms with Crippen molar-refractivity contribution < 1.29 is 14.3 Å². The molecule has 4 rings (SSSR count). The molecule has 1 aliphatic heterocycles. The van der Waals surface area contributed by atoms with E-state index in [0.717, 1.165) is 36.9 Å². The normalized spacial score (nSPS) is 20.2. The summed E-state index contributed by atoms with van der Waals surface area (Å²) >= 11 is 1.41. The maximum Gasteiger partial charge on any atom is 0.267 e. The lowest BCUT2D eigenvalue weighted by Gasteiger charge is -2.30. The highest BCUT2D eigenvalue weighted by atomic mass is 32.2. The summed E-state index contributed by atoms with van der Waals surface area (Å²) < 4.78 is 10.8. The first kappa shape index (κ1) is 20.5. The second-order valence-corrected chi connectivity index (χ2v) is 8.30. The van der Waals surface area contributed by atoms with Crippen molar-refractivity contribution in [1.82, 2.24) is 9.88 Å². The predicted molar refractivity (Wildman–Crippen MR) is 120 cm³/mol. The smallest absolute Gasteiger partial charge is 0.267 e. The van der Waals surface area contributed by atoms with Crippen molar-refractivity contribution in [1.29, 1.82) is 0 Å². The molecule has 1 aromatic heterocycles. The number of hydrogen-bond acceptors (Lipinski definition) is 6. The maximum absolute atomic E-state index is 13.4. The Morgan fingerprint density at radius 3 is 2.70 bits per heavy atom. The summed E-state index contributed by atoms with van der Waals surface area (Å²) in [5.41, 5.74) is 1.55. The summed E-state index contributed by atoms with van der Waals surface area (Å²) in [7, 11) is 3.24. The Labute approximate surface area is 181 Å². The number of amidine groups is 1. The number of aromatic nitrogens is 1. The Bertz CT molecular complexity index is 969. The molecule has 0 unspecified atom stereocenters. The van der Waals surface area contributed by atoms with Gasteiger partial charge in [0.25, 0.3) is 5.91 Å². The van der Waals surface area contributed by atoms with Crippen LogP contribution in [-0.2, 0) is 4.79 Å². The molecule has 2 heterocycles. The van der Waals surface area contributed by atoms with Crippen LogP contribution in [0.15, 0.2) is 52.6 Å². The minimum absolute atomic E-state index is 0.000543. The maximum atomic E-state index is 13.4. The van der Waals surface area contributed by atoms with Gasteiger partial charge in [-0.3, -0.25) is 14.7 Å². The van der Waals surface area contributed by atoms with E-state index in [4.69, 9.17) is 14.5 Å². The Balaban J connectivity index is 1.73. The average molecular weight is 424 g/mol. The molecule has 1 saturated heterocycles. The van der Waals surface area contributed by atoms with Crippen molar-refractivity contribution in [2.75, 3.05) is 14.2 Å². The molecule has 7 heteroatoms. The highest BCUT2D eigenvalue weighted by Crippen LogP contribution is 2.39. The second kappa shape index (κ2) is 9.34. The number of carbonyl (C=O) groups excluding carboxylic acids is 1. The Morgan fingerprint density at radius 2 is 2.00 bits per heavy atom. The van der Waals surface area contributed by atoms with Crippen LogP contribution in [0.3, 0.4) is 0 Å². The number of benzene rings is 1. The number of amides is 1. The van der Waals surface area contributed by atoms with E-state index in [9.17, 15) is 4.79 Å². The number of aliphatic imine (C=N–C) groups is 1. The topological polar surface area (TPSA) is 64.0 Å². The SMILES string of the molecule is COc1ccc(OC)c(/C=C2\SC(=Nc3cccnc3)N(C3CCCCC3)C2=O)c1.